The number of urea groups is 1. The van der Waals surface area contributed by atoms with Gasteiger partial charge in [0, 0.05) is 50.5 Å². The summed E-state index contributed by atoms with van der Waals surface area (Å²) in [6.07, 6.45) is 9.54. The quantitative estimate of drug-likeness (QED) is 0.694. The van der Waals surface area contributed by atoms with E-state index in [0.717, 1.165) is 30.0 Å². The van der Waals surface area contributed by atoms with E-state index < -0.39 is 0 Å². The van der Waals surface area contributed by atoms with Gasteiger partial charge < -0.3 is 15.5 Å². The number of carbonyl (C=O) groups is 1. The molecule has 2 aromatic heterocycles. The molecule has 3 aromatic rings. The molecule has 3 heterocycles. The van der Waals surface area contributed by atoms with E-state index >= 15 is 0 Å². The third-order valence-electron chi connectivity index (χ3n) is 4.89. The highest BCUT2D eigenvalue weighted by molar-refractivity contribution is 5.73. The Morgan fingerprint density at radius 3 is 2.32 bits per heavy atom. The highest BCUT2D eigenvalue weighted by Gasteiger charge is 2.11. The SMILES string of the molecule is O=C(NCc1ccc(N2CCCC2)cc1)NCc1ccc(-n2ccnc2)nc1. The van der Waals surface area contributed by atoms with E-state index in [-0.39, 0.29) is 6.03 Å². The van der Waals surface area contributed by atoms with Crippen molar-refractivity contribution in [1.82, 2.24) is 25.2 Å². The van der Waals surface area contributed by atoms with Gasteiger partial charge in [0.05, 0.1) is 0 Å². The summed E-state index contributed by atoms with van der Waals surface area (Å²) in [5.41, 5.74) is 3.29. The zero-order chi connectivity index (χ0) is 19.2. The van der Waals surface area contributed by atoms with Crippen LogP contribution in [0.4, 0.5) is 10.5 Å². The predicted octanol–water partition coefficient (Wildman–Crippen LogP) is 2.87. The molecular weight excluding hydrogens is 352 g/mol. The van der Waals surface area contributed by atoms with Crippen LogP contribution >= 0.6 is 0 Å². The maximum atomic E-state index is 12.1. The number of amides is 2. The molecule has 2 N–H and O–H groups in total. The monoisotopic (exact) mass is 376 g/mol. The number of hydrogen-bond donors (Lipinski definition) is 2. The van der Waals surface area contributed by atoms with E-state index in [1.807, 2.05) is 22.9 Å². The molecular formula is C21H24N6O. The summed E-state index contributed by atoms with van der Waals surface area (Å²) in [7, 11) is 0. The Morgan fingerprint density at radius 2 is 1.68 bits per heavy atom. The lowest BCUT2D eigenvalue weighted by Gasteiger charge is -2.17. The van der Waals surface area contributed by atoms with Crippen LogP contribution in [0, 0.1) is 0 Å². The first kappa shape index (κ1) is 18.0. The van der Waals surface area contributed by atoms with Crippen LogP contribution in [0.3, 0.4) is 0 Å². The normalized spacial score (nSPS) is 13.5. The average molecular weight is 376 g/mol. The van der Waals surface area contributed by atoms with Crippen molar-refractivity contribution in [3.8, 4) is 5.82 Å². The van der Waals surface area contributed by atoms with Crippen molar-refractivity contribution < 1.29 is 4.79 Å². The minimum Gasteiger partial charge on any atom is -0.372 e. The van der Waals surface area contributed by atoms with Gasteiger partial charge in [-0.05, 0) is 42.2 Å². The van der Waals surface area contributed by atoms with E-state index in [9.17, 15) is 4.79 Å². The average Bonchev–Trinajstić information content (AvgIpc) is 3.46. The summed E-state index contributed by atoms with van der Waals surface area (Å²) in [5.74, 6) is 0.795. The Bertz CT molecular complexity index is 884. The Labute approximate surface area is 164 Å². The van der Waals surface area contributed by atoms with Gasteiger partial charge in [-0.2, -0.15) is 0 Å². The Balaban J connectivity index is 1.22. The van der Waals surface area contributed by atoms with Gasteiger partial charge in [-0.1, -0.05) is 18.2 Å². The third-order valence-corrected chi connectivity index (χ3v) is 4.89. The number of carbonyl (C=O) groups excluding carboxylic acids is 1. The maximum absolute atomic E-state index is 12.1. The highest BCUT2D eigenvalue weighted by Crippen LogP contribution is 2.20. The van der Waals surface area contributed by atoms with Crippen LogP contribution in [0.25, 0.3) is 5.82 Å². The van der Waals surface area contributed by atoms with Crippen molar-refractivity contribution in [3.05, 3.63) is 72.4 Å². The molecule has 0 spiro atoms. The second-order valence-corrected chi connectivity index (χ2v) is 6.89. The zero-order valence-corrected chi connectivity index (χ0v) is 15.7. The van der Waals surface area contributed by atoms with Gasteiger partial charge in [-0.15, -0.1) is 0 Å². The Hall–Kier alpha value is -3.35. The smallest absolute Gasteiger partial charge is 0.315 e. The van der Waals surface area contributed by atoms with Crippen LogP contribution < -0.4 is 15.5 Å². The molecule has 1 fully saturated rings. The van der Waals surface area contributed by atoms with Crippen molar-refractivity contribution in [1.29, 1.82) is 0 Å². The first-order chi connectivity index (χ1) is 13.8. The number of nitrogens with zero attached hydrogens (tertiary/aromatic N) is 4. The second-order valence-electron chi connectivity index (χ2n) is 6.89. The van der Waals surface area contributed by atoms with Crippen molar-refractivity contribution >= 4 is 11.7 Å². The number of rotatable bonds is 6. The molecule has 1 aliphatic rings. The second kappa shape index (κ2) is 8.56. The molecule has 1 saturated heterocycles. The lowest BCUT2D eigenvalue weighted by Crippen LogP contribution is -2.34. The van der Waals surface area contributed by atoms with E-state index in [1.54, 1.807) is 18.7 Å². The molecule has 2 amide bonds. The van der Waals surface area contributed by atoms with Gasteiger partial charge in [0.15, 0.2) is 0 Å². The molecule has 7 nitrogen and oxygen atoms in total. The van der Waals surface area contributed by atoms with Gasteiger partial charge in [0.2, 0.25) is 0 Å². The van der Waals surface area contributed by atoms with Crippen molar-refractivity contribution in [2.24, 2.45) is 0 Å². The lowest BCUT2D eigenvalue weighted by atomic mass is 10.2. The largest absolute Gasteiger partial charge is 0.372 e. The van der Waals surface area contributed by atoms with Gasteiger partial charge in [0.1, 0.15) is 12.1 Å². The molecule has 1 aliphatic heterocycles. The number of aromatic nitrogens is 3. The summed E-state index contributed by atoms with van der Waals surface area (Å²) in [6, 6.07) is 12.1. The first-order valence-electron chi connectivity index (χ1n) is 9.57. The van der Waals surface area contributed by atoms with Crippen LogP contribution in [-0.4, -0.2) is 33.7 Å². The minimum absolute atomic E-state index is 0.192. The van der Waals surface area contributed by atoms with Gasteiger partial charge in [0.25, 0.3) is 0 Å². The summed E-state index contributed by atoms with van der Waals surface area (Å²) in [5, 5.41) is 5.76. The van der Waals surface area contributed by atoms with Crippen LogP contribution in [-0.2, 0) is 13.1 Å². The van der Waals surface area contributed by atoms with Gasteiger partial charge in [-0.3, -0.25) is 4.57 Å². The zero-order valence-electron chi connectivity index (χ0n) is 15.7. The highest BCUT2D eigenvalue weighted by atomic mass is 16.2. The molecule has 0 bridgehead atoms. The van der Waals surface area contributed by atoms with Gasteiger partial charge >= 0.3 is 6.03 Å². The van der Waals surface area contributed by atoms with Crippen molar-refractivity contribution in [2.45, 2.75) is 25.9 Å². The number of pyridine rings is 1. The van der Waals surface area contributed by atoms with Crippen molar-refractivity contribution in [2.75, 3.05) is 18.0 Å². The molecule has 0 atom stereocenters. The van der Waals surface area contributed by atoms with E-state index in [4.69, 9.17) is 0 Å². The molecule has 4 rings (SSSR count). The van der Waals surface area contributed by atoms with E-state index in [0.29, 0.717) is 13.1 Å². The number of nitrogens with one attached hydrogen (secondary N) is 2. The van der Waals surface area contributed by atoms with Crippen LogP contribution in [0.1, 0.15) is 24.0 Å². The van der Waals surface area contributed by atoms with Crippen LogP contribution in [0.5, 0.6) is 0 Å². The van der Waals surface area contributed by atoms with E-state index in [2.05, 4.69) is 49.8 Å². The number of anilines is 1. The molecule has 0 radical (unpaired) electrons. The fourth-order valence-electron chi connectivity index (χ4n) is 3.30. The van der Waals surface area contributed by atoms with Crippen LogP contribution in [0.2, 0.25) is 0 Å². The number of benzene rings is 1. The summed E-state index contributed by atoms with van der Waals surface area (Å²) in [6.45, 7) is 3.21. The molecule has 0 unspecified atom stereocenters. The molecule has 0 aliphatic carbocycles. The molecule has 0 saturated carbocycles. The minimum atomic E-state index is -0.192. The number of imidazole rings is 1. The Kier molecular flexibility index (Phi) is 5.51. The fraction of sp³-hybridized carbons (Fsp3) is 0.286. The lowest BCUT2D eigenvalue weighted by molar-refractivity contribution is 0.240. The fourth-order valence-corrected chi connectivity index (χ4v) is 3.30. The molecule has 28 heavy (non-hydrogen) atoms. The molecule has 144 valence electrons. The summed E-state index contributed by atoms with van der Waals surface area (Å²) in [4.78, 5) is 22.8. The summed E-state index contributed by atoms with van der Waals surface area (Å²) < 4.78 is 1.83. The Morgan fingerprint density at radius 1 is 0.964 bits per heavy atom. The molecule has 7 heteroatoms. The third kappa shape index (κ3) is 4.49. The summed E-state index contributed by atoms with van der Waals surface area (Å²) >= 11 is 0. The topological polar surface area (TPSA) is 75.1 Å². The first-order valence-corrected chi connectivity index (χ1v) is 9.57. The van der Waals surface area contributed by atoms with E-state index in [1.165, 1.54) is 18.5 Å². The standard InChI is InChI=1S/C21H24N6O/c28-21(24-13-17-3-6-19(7-4-17)26-10-1-2-11-26)25-15-18-5-8-20(23-14-18)27-12-9-22-16-27/h3-9,12,14,16H,1-2,10-11,13,15H2,(H2,24,25,28). The number of hydrogen-bond acceptors (Lipinski definition) is 4. The predicted molar refractivity (Wildman–Crippen MR) is 108 cm³/mol. The molecule has 1 aromatic carbocycles. The maximum Gasteiger partial charge on any atom is 0.315 e. The van der Waals surface area contributed by atoms with Gasteiger partial charge in [-0.25, -0.2) is 14.8 Å². The van der Waals surface area contributed by atoms with Crippen LogP contribution in [0.15, 0.2) is 61.3 Å². The van der Waals surface area contributed by atoms with Crippen molar-refractivity contribution in [3.63, 3.8) is 0 Å².